The standard InChI is InChI=1S/C10H16OSe/c1-2-3-7-12-10-6-4-5-9(11)8-10/h8H,2-7H2,1H3. The maximum absolute atomic E-state index is 11.0. The minimum atomic E-state index is 0.356. The summed E-state index contributed by atoms with van der Waals surface area (Å²) in [5.74, 6) is 0.356. The van der Waals surface area contributed by atoms with Crippen LogP contribution < -0.4 is 0 Å². The third kappa shape index (κ3) is 3.55. The Kier molecular flexibility index (Phi) is 4.63. The molecule has 0 bridgehead atoms. The van der Waals surface area contributed by atoms with Crippen molar-refractivity contribution in [2.45, 2.75) is 44.3 Å². The van der Waals surface area contributed by atoms with Gasteiger partial charge < -0.3 is 0 Å². The Morgan fingerprint density at radius 2 is 2.33 bits per heavy atom. The van der Waals surface area contributed by atoms with E-state index in [1.165, 1.54) is 29.1 Å². The fourth-order valence-electron chi connectivity index (χ4n) is 1.22. The van der Waals surface area contributed by atoms with E-state index in [0.717, 1.165) is 12.8 Å². The summed E-state index contributed by atoms with van der Waals surface area (Å²) in [5, 5.41) is 1.32. The van der Waals surface area contributed by atoms with Gasteiger partial charge in [0.15, 0.2) is 0 Å². The van der Waals surface area contributed by atoms with E-state index >= 15 is 0 Å². The Morgan fingerprint density at radius 1 is 1.50 bits per heavy atom. The molecule has 0 aliphatic heterocycles. The van der Waals surface area contributed by atoms with Crippen molar-refractivity contribution in [1.29, 1.82) is 0 Å². The molecule has 0 fully saturated rings. The molecule has 0 heterocycles. The van der Waals surface area contributed by atoms with E-state index in [9.17, 15) is 4.79 Å². The Labute approximate surface area is 80.8 Å². The van der Waals surface area contributed by atoms with Crippen molar-refractivity contribution >= 4 is 20.7 Å². The Balaban J connectivity index is 2.26. The van der Waals surface area contributed by atoms with E-state index in [2.05, 4.69) is 6.92 Å². The number of allylic oxidation sites excluding steroid dienone is 2. The third-order valence-electron chi connectivity index (χ3n) is 1.95. The molecular weight excluding hydrogens is 215 g/mol. The second kappa shape index (κ2) is 5.55. The number of hydrogen-bond donors (Lipinski definition) is 0. The van der Waals surface area contributed by atoms with E-state index in [-0.39, 0.29) is 0 Å². The number of rotatable bonds is 4. The van der Waals surface area contributed by atoms with Crippen LogP contribution in [0, 0.1) is 0 Å². The quantitative estimate of drug-likeness (QED) is 0.536. The molecule has 0 unspecified atom stereocenters. The van der Waals surface area contributed by atoms with Crippen molar-refractivity contribution in [1.82, 2.24) is 0 Å². The summed E-state index contributed by atoms with van der Waals surface area (Å²) in [6, 6.07) is 0. The van der Waals surface area contributed by atoms with Crippen molar-refractivity contribution in [2.24, 2.45) is 0 Å². The first-order chi connectivity index (χ1) is 5.83. The van der Waals surface area contributed by atoms with E-state index in [1.54, 1.807) is 0 Å². The van der Waals surface area contributed by atoms with Gasteiger partial charge in [-0.2, -0.15) is 0 Å². The van der Waals surface area contributed by atoms with Crippen LogP contribution in [0.3, 0.4) is 0 Å². The van der Waals surface area contributed by atoms with Gasteiger partial charge >= 0.3 is 80.4 Å². The molecule has 0 N–H and O–H groups in total. The van der Waals surface area contributed by atoms with Crippen LogP contribution in [0.25, 0.3) is 0 Å². The molecule has 0 radical (unpaired) electrons. The van der Waals surface area contributed by atoms with Gasteiger partial charge in [0.25, 0.3) is 0 Å². The van der Waals surface area contributed by atoms with E-state index in [4.69, 9.17) is 0 Å². The Morgan fingerprint density at radius 3 is 3.00 bits per heavy atom. The molecular formula is C10H16OSe. The fraction of sp³-hybridized carbons (Fsp3) is 0.700. The first kappa shape index (κ1) is 10.0. The zero-order valence-electron chi connectivity index (χ0n) is 7.64. The average Bonchev–Trinajstić information content (AvgIpc) is 2.05. The van der Waals surface area contributed by atoms with Crippen molar-refractivity contribution in [3.8, 4) is 0 Å². The van der Waals surface area contributed by atoms with Crippen molar-refractivity contribution in [2.75, 3.05) is 0 Å². The van der Waals surface area contributed by atoms with E-state index < -0.39 is 0 Å². The monoisotopic (exact) mass is 232 g/mol. The van der Waals surface area contributed by atoms with Crippen LogP contribution in [0.15, 0.2) is 10.5 Å². The summed E-state index contributed by atoms with van der Waals surface area (Å²) in [5.41, 5.74) is 0. The zero-order chi connectivity index (χ0) is 8.81. The predicted octanol–water partition coefficient (Wildman–Crippen LogP) is 2.55. The van der Waals surface area contributed by atoms with Gasteiger partial charge in [0.1, 0.15) is 0 Å². The van der Waals surface area contributed by atoms with E-state index in [1.807, 2.05) is 6.08 Å². The third-order valence-corrected chi connectivity index (χ3v) is 4.44. The molecule has 0 saturated heterocycles. The second-order valence-electron chi connectivity index (χ2n) is 3.13. The Bertz CT molecular complexity index is 184. The van der Waals surface area contributed by atoms with Gasteiger partial charge in [-0.15, -0.1) is 0 Å². The fourth-order valence-corrected chi connectivity index (χ4v) is 3.74. The summed E-state index contributed by atoms with van der Waals surface area (Å²) >= 11 is 0.617. The summed E-state index contributed by atoms with van der Waals surface area (Å²) < 4.78 is 1.45. The van der Waals surface area contributed by atoms with Crippen LogP contribution in [0.2, 0.25) is 5.32 Å². The molecule has 1 aliphatic rings. The topological polar surface area (TPSA) is 17.1 Å². The van der Waals surface area contributed by atoms with Gasteiger partial charge in [0.2, 0.25) is 0 Å². The molecule has 0 spiro atoms. The maximum atomic E-state index is 11.0. The second-order valence-corrected chi connectivity index (χ2v) is 5.69. The number of unbranched alkanes of at least 4 members (excludes halogenated alkanes) is 1. The molecule has 0 saturated carbocycles. The summed E-state index contributed by atoms with van der Waals surface area (Å²) in [4.78, 5) is 11.0. The number of carbonyl (C=O) groups excluding carboxylic acids is 1. The number of hydrogen-bond acceptors (Lipinski definition) is 1. The first-order valence-electron chi connectivity index (χ1n) is 4.69. The van der Waals surface area contributed by atoms with Crippen LogP contribution in [-0.2, 0) is 4.79 Å². The summed E-state index contributed by atoms with van der Waals surface area (Å²) in [6.07, 6.45) is 7.58. The zero-order valence-corrected chi connectivity index (χ0v) is 9.35. The average molecular weight is 231 g/mol. The van der Waals surface area contributed by atoms with Gasteiger partial charge in [0.05, 0.1) is 0 Å². The number of ketones is 1. The van der Waals surface area contributed by atoms with Crippen LogP contribution >= 0.6 is 0 Å². The molecule has 1 nitrogen and oxygen atoms in total. The molecule has 0 aromatic carbocycles. The van der Waals surface area contributed by atoms with Gasteiger partial charge in [-0.05, 0) is 0 Å². The van der Waals surface area contributed by atoms with E-state index in [0.29, 0.717) is 20.7 Å². The van der Waals surface area contributed by atoms with Gasteiger partial charge in [-0.3, -0.25) is 0 Å². The van der Waals surface area contributed by atoms with Crippen molar-refractivity contribution in [3.63, 3.8) is 0 Å². The predicted molar refractivity (Wildman–Crippen MR) is 52.4 cm³/mol. The summed E-state index contributed by atoms with van der Waals surface area (Å²) in [6.45, 7) is 2.22. The first-order valence-corrected chi connectivity index (χ1v) is 6.76. The van der Waals surface area contributed by atoms with Gasteiger partial charge in [-0.25, -0.2) is 0 Å². The van der Waals surface area contributed by atoms with Crippen LogP contribution in [0.5, 0.6) is 0 Å². The van der Waals surface area contributed by atoms with Crippen LogP contribution in [0.1, 0.15) is 39.0 Å². The van der Waals surface area contributed by atoms with Gasteiger partial charge in [0, 0.05) is 0 Å². The molecule has 2 heteroatoms. The molecule has 0 atom stereocenters. The molecule has 1 aliphatic carbocycles. The SMILES string of the molecule is CCCC[Se]C1=CC(=O)CCC1. The molecule has 0 aromatic heterocycles. The number of carbonyl (C=O) groups is 1. The van der Waals surface area contributed by atoms with Crippen LogP contribution in [0.4, 0.5) is 0 Å². The summed E-state index contributed by atoms with van der Waals surface area (Å²) in [7, 11) is 0. The normalized spacial score (nSPS) is 17.8. The molecule has 12 heavy (non-hydrogen) atoms. The molecule has 0 amide bonds. The van der Waals surface area contributed by atoms with Crippen molar-refractivity contribution < 1.29 is 4.79 Å². The van der Waals surface area contributed by atoms with Crippen molar-refractivity contribution in [3.05, 3.63) is 10.5 Å². The molecule has 1 rings (SSSR count). The molecule has 0 aromatic rings. The van der Waals surface area contributed by atoms with Crippen LogP contribution in [-0.4, -0.2) is 20.7 Å². The minimum absolute atomic E-state index is 0.356. The van der Waals surface area contributed by atoms with Gasteiger partial charge in [-0.1, -0.05) is 0 Å². The Hall–Kier alpha value is -0.0705. The molecule has 68 valence electrons.